The van der Waals surface area contributed by atoms with E-state index in [0.717, 1.165) is 19.6 Å². The average molecular weight is 220 g/mol. The first-order chi connectivity index (χ1) is 7.20. The summed E-state index contributed by atoms with van der Waals surface area (Å²) >= 11 is 0. The highest BCUT2D eigenvalue weighted by molar-refractivity contribution is 4.67. The maximum atomic E-state index is 12.2. The maximum absolute atomic E-state index is 12.2. The van der Waals surface area contributed by atoms with Crippen LogP contribution in [0.25, 0.3) is 0 Å². The zero-order valence-electron chi connectivity index (χ0n) is 9.51. The lowest BCUT2D eigenvalue weighted by Gasteiger charge is -2.21. The first-order valence-corrected chi connectivity index (χ1v) is 5.94. The lowest BCUT2D eigenvalue weighted by molar-refractivity contribution is 0.104. The quantitative estimate of drug-likeness (QED) is 0.763. The zero-order valence-corrected chi connectivity index (χ0v) is 9.51. The van der Waals surface area contributed by atoms with Crippen molar-refractivity contribution in [2.45, 2.75) is 45.1 Å². The third kappa shape index (κ3) is 5.42. The van der Waals surface area contributed by atoms with Gasteiger partial charge in [0.15, 0.2) is 0 Å². The van der Waals surface area contributed by atoms with E-state index in [1.807, 2.05) is 0 Å². The third-order valence-electron chi connectivity index (χ3n) is 2.97. The molecule has 0 aliphatic carbocycles. The van der Waals surface area contributed by atoms with E-state index >= 15 is 0 Å². The topological polar surface area (TPSA) is 15.3 Å². The fraction of sp³-hybridized carbons (Fsp3) is 1.00. The largest absolute Gasteiger partial charge is 0.308 e. The van der Waals surface area contributed by atoms with Gasteiger partial charge in [0.25, 0.3) is 6.43 Å². The van der Waals surface area contributed by atoms with Crippen LogP contribution in [0.3, 0.4) is 0 Å². The molecule has 1 aliphatic rings. The van der Waals surface area contributed by atoms with Gasteiger partial charge in [-0.15, -0.1) is 0 Å². The molecule has 0 aromatic rings. The molecule has 90 valence electrons. The number of nitrogens with zero attached hydrogens (tertiary/aromatic N) is 1. The van der Waals surface area contributed by atoms with Crippen molar-refractivity contribution in [1.29, 1.82) is 0 Å². The Hall–Kier alpha value is -0.220. The van der Waals surface area contributed by atoms with Crippen molar-refractivity contribution in [2.75, 3.05) is 26.2 Å². The van der Waals surface area contributed by atoms with E-state index in [1.165, 1.54) is 32.6 Å². The molecule has 0 saturated carbocycles. The summed E-state index contributed by atoms with van der Waals surface area (Å²) in [5.74, 6) is 0. The Morgan fingerprint density at radius 3 is 2.27 bits per heavy atom. The van der Waals surface area contributed by atoms with Crippen LogP contribution in [0.2, 0.25) is 0 Å². The van der Waals surface area contributed by atoms with E-state index in [-0.39, 0.29) is 0 Å². The highest BCUT2D eigenvalue weighted by atomic mass is 19.3. The van der Waals surface area contributed by atoms with Gasteiger partial charge >= 0.3 is 0 Å². The normalized spacial score (nSPS) is 21.6. The molecule has 0 aromatic heterocycles. The minimum Gasteiger partial charge on any atom is -0.308 e. The molecular formula is C11H22F2N2. The molecule has 1 heterocycles. The van der Waals surface area contributed by atoms with Crippen LogP contribution in [-0.2, 0) is 0 Å². The first kappa shape index (κ1) is 12.8. The summed E-state index contributed by atoms with van der Waals surface area (Å²) in [6.45, 7) is 5.37. The van der Waals surface area contributed by atoms with Crippen LogP contribution in [0, 0.1) is 0 Å². The molecule has 0 spiro atoms. The molecule has 0 bridgehead atoms. The monoisotopic (exact) mass is 220 g/mol. The van der Waals surface area contributed by atoms with Gasteiger partial charge in [-0.25, -0.2) is 8.78 Å². The summed E-state index contributed by atoms with van der Waals surface area (Å²) in [4.78, 5) is 2.37. The van der Waals surface area contributed by atoms with Gasteiger partial charge in [-0.3, -0.25) is 0 Å². The van der Waals surface area contributed by atoms with Gasteiger partial charge in [-0.2, -0.15) is 0 Å². The fourth-order valence-electron chi connectivity index (χ4n) is 1.90. The van der Waals surface area contributed by atoms with Gasteiger partial charge in [0.1, 0.15) is 0 Å². The molecule has 1 saturated heterocycles. The summed E-state index contributed by atoms with van der Waals surface area (Å²) in [5, 5.41) is 2.86. The van der Waals surface area contributed by atoms with Crippen molar-refractivity contribution in [3.63, 3.8) is 0 Å². The van der Waals surface area contributed by atoms with Crippen molar-refractivity contribution in [1.82, 2.24) is 10.2 Å². The van der Waals surface area contributed by atoms with Crippen LogP contribution >= 0.6 is 0 Å². The number of likely N-dealkylation sites (tertiary alicyclic amines) is 1. The van der Waals surface area contributed by atoms with Crippen molar-refractivity contribution < 1.29 is 8.78 Å². The second kappa shape index (κ2) is 7.12. The molecule has 1 aliphatic heterocycles. The Labute approximate surface area is 91.0 Å². The number of rotatable bonds is 5. The van der Waals surface area contributed by atoms with E-state index < -0.39 is 12.5 Å². The number of hydrogen-bond donors (Lipinski definition) is 1. The molecule has 1 unspecified atom stereocenters. The Balaban J connectivity index is 2.07. The molecule has 15 heavy (non-hydrogen) atoms. The molecule has 4 heteroatoms. The van der Waals surface area contributed by atoms with Crippen molar-refractivity contribution in [3.05, 3.63) is 0 Å². The van der Waals surface area contributed by atoms with Crippen LogP contribution in [0.5, 0.6) is 0 Å². The van der Waals surface area contributed by atoms with E-state index in [0.29, 0.717) is 6.54 Å². The summed E-state index contributed by atoms with van der Waals surface area (Å²) < 4.78 is 24.4. The van der Waals surface area contributed by atoms with Gasteiger partial charge < -0.3 is 10.2 Å². The molecule has 1 fully saturated rings. The van der Waals surface area contributed by atoms with E-state index in [1.54, 1.807) is 0 Å². The molecule has 1 atom stereocenters. The predicted octanol–water partition coefficient (Wildman–Crippen LogP) is 2.11. The number of alkyl halides is 2. The van der Waals surface area contributed by atoms with Crippen LogP contribution in [0.1, 0.15) is 32.6 Å². The molecular weight excluding hydrogens is 198 g/mol. The molecule has 1 rings (SSSR count). The molecule has 0 amide bonds. The number of hydrogen-bond acceptors (Lipinski definition) is 2. The van der Waals surface area contributed by atoms with Crippen LogP contribution in [0.4, 0.5) is 8.78 Å². The molecule has 2 nitrogen and oxygen atoms in total. The first-order valence-electron chi connectivity index (χ1n) is 5.94. The van der Waals surface area contributed by atoms with Gasteiger partial charge in [0, 0.05) is 13.1 Å². The predicted molar refractivity (Wildman–Crippen MR) is 58.4 cm³/mol. The number of halogens is 2. The summed E-state index contributed by atoms with van der Waals surface area (Å²) in [5.41, 5.74) is 0. The van der Waals surface area contributed by atoms with Crippen molar-refractivity contribution in [2.24, 2.45) is 0 Å². The van der Waals surface area contributed by atoms with Crippen molar-refractivity contribution >= 4 is 0 Å². The van der Waals surface area contributed by atoms with Crippen LogP contribution in [-0.4, -0.2) is 43.5 Å². The average Bonchev–Trinajstić information content (AvgIpc) is 2.46. The van der Waals surface area contributed by atoms with E-state index in [4.69, 9.17) is 0 Å². The number of nitrogens with one attached hydrogen (secondary N) is 1. The molecule has 0 radical (unpaired) electrons. The Bertz CT molecular complexity index is 157. The maximum Gasteiger partial charge on any atom is 0.253 e. The zero-order chi connectivity index (χ0) is 11.1. The summed E-state index contributed by atoms with van der Waals surface area (Å²) in [6.07, 6.45) is 2.89. The Morgan fingerprint density at radius 1 is 1.13 bits per heavy atom. The minimum atomic E-state index is -2.26. The van der Waals surface area contributed by atoms with Crippen LogP contribution < -0.4 is 5.32 Å². The standard InChI is InChI=1S/C11H22F2N2/c1-10(11(12)13)14-6-9-15-7-4-2-3-5-8-15/h10-11,14H,2-9H2,1H3. The highest BCUT2D eigenvalue weighted by Crippen LogP contribution is 2.08. The van der Waals surface area contributed by atoms with Gasteiger partial charge in [0.2, 0.25) is 0 Å². The van der Waals surface area contributed by atoms with E-state index in [2.05, 4.69) is 10.2 Å². The second-order valence-electron chi connectivity index (χ2n) is 4.33. The lowest BCUT2D eigenvalue weighted by atomic mass is 10.2. The minimum absolute atomic E-state index is 0.672. The molecule has 0 aromatic carbocycles. The third-order valence-corrected chi connectivity index (χ3v) is 2.97. The lowest BCUT2D eigenvalue weighted by Crippen LogP contribution is -2.39. The van der Waals surface area contributed by atoms with Gasteiger partial charge in [0.05, 0.1) is 6.04 Å². The summed E-state index contributed by atoms with van der Waals surface area (Å²) in [6, 6.07) is -0.683. The SMILES string of the molecule is CC(NCCN1CCCCCC1)C(F)F. The fourth-order valence-corrected chi connectivity index (χ4v) is 1.90. The molecule has 1 N–H and O–H groups in total. The highest BCUT2D eigenvalue weighted by Gasteiger charge is 2.14. The van der Waals surface area contributed by atoms with Gasteiger partial charge in [-0.05, 0) is 32.9 Å². The second-order valence-corrected chi connectivity index (χ2v) is 4.33. The van der Waals surface area contributed by atoms with E-state index in [9.17, 15) is 8.78 Å². The Morgan fingerprint density at radius 2 is 1.73 bits per heavy atom. The van der Waals surface area contributed by atoms with Crippen LogP contribution in [0.15, 0.2) is 0 Å². The van der Waals surface area contributed by atoms with Gasteiger partial charge in [-0.1, -0.05) is 12.8 Å². The smallest absolute Gasteiger partial charge is 0.253 e. The Kier molecular flexibility index (Phi) is 6.10. The van der Waals surface area contributed by atoms with Crippen molar-refractivity contribution in [3.8, 4) is 0 Å². The summed E-state index contributed by atoms with van der Waals surface area (Å²) in [7, 11) is 0.